The first-order chi connectivity index (χ1) is 6.81. The van der Waals surface area contributed by atoms with Gasteiger partial charge in [0.25, 0.3) is 0 Å². The van der Waals surface area contributed by atoms with E-state index in [2.05, 4.69) is 24.2 Å². The minimum absolute atomic E-state index is 0.537. The maximum Gasteiger partial charge on any atom is 0.162 e. The molecule has 14 heavy (non-hydrogen) atoms. The molecule has 0 fully saturated rings. The molecule has 2 aromatic heterocycles. The number of rotatable bonds is 3. The number of furan rings is 1. The van der Waals surface area contributed by atoms with Gasteiger partial charge in [-0.25, -0.2) is 4.98 Å². The van der Waals surface area contributed by atoms with E-state index in [0.717, 1.165) is 17.2 Å². The topological polar surface area (TPSA) is 26.0 Å². The van der Waals surface area contributed by atoms with Crippen LogP contribution in [0.4, 0.5) is 0 Å². The Morgan fingerprint density at radius 2 is 2.43 bits per heavy atom. The van der Waals surface area contributed by atoms with Gasteiger partial charge in [-0.2, -0.15) is 0 Å². The number of aromatic nitrogens is 1. The Morgan fingerprint density at radius 1 is 1.57 bits per heavy atom. The predicted molar refractivity (Wildman–Crippen MR) is 58.5 cm³/mol. The summed E-state index contributed by atoms with van der Waals surface area (Å²) < 4.78 is 5.29. The molecular formula is C11H13NOS. The zero-order valence-corrected chi connectivity index (χ0v) is 9.17. The summed E-state index contributed by atoms with van der Waals surface area (Å²) in [5, 5.41) is 3.09. The molecule has 3 heteroatoms. The normalized spacial score (nSPS) is 13.0. The lowest BCUT2D eigenvalue weighted by molar-refractivity contribution is 0.581. The zero-order valence-electron chi connectivity index (χ0n) is 8.36. The third kappa shape index (κ3) is 1.73. The molecule has 0 bridgehead atoms. The molecule has 2 rings (SSSR count). The van der Waals surface area contributed by atoms with Crippen LogP contribution in [0.2, 0.25) is 0 Å². The molecule has 0 saturated carbocycles. The number of nitrogens with zero attached hydrogens (tertiary/aromatic N) is 1. The summed E-state index contributed by atoms with van der Waals surface area (Å²) in [6.07, 6.45) is 2.81. The Kier molecular flexibility index (Phi) is 2.68. The van der Waals surface area contributed by atoms with Gasteiger partial charge in [0.15, 0.2) is 10.8 Å². The molecule has 2 heterocycles. The molecule has 0 radical (unpaired) electrons. The van der Waals surface area contributed by atoms with Crippen LogP contribution in [0.15, 0.2) is 28.2 Å². The van der Waals surface area contributed by atoms with Crippen molar-refractivity contribution >= 4 is 11.3 Å². The number of hydrogen-bond donors (Lipinski definition) is 0. The van der Waals surface area contributed by atoms with Crippen molar-refractivity contribution in [3.63, 3.8) is 0 Å². The van der Waals surface area contributed by atoms with E-state index in [4.69, 9.17) is 4.42 Å². The van der Waals surface area contributed by atoms with Crippen LogP contribution in [0, 0.1) is 0 Å². The molecule has 0 spiro atoms. The van der Waals surface area contributed by atoms with E-state index in [-0.39, 0.29) is 0 Å². The first-order valence-corrected chi connectivity index (χ1v) is 5.68. The van der Waals surface area contributed by atoms with Gasteiger partial charge in [-0.3, -0.25) is 0 Å². The minimum atomic E-state index is 0.537. The molecule has 0 N–H and O–H groups in total. The zero-order chi connectivity index (χ0) is 9.97. The van der Waals surface area contributed by atoms with Gasteiger partial charge in [0, 0.05) is 5.38 Å². The lowest BCUT2D eigenvalue weighted by atomic mass is 10.1. The van der Waals surface area contributed by atoms with Gasteiger partial charge >= 0.3 is 0 Å². The average molecular weight is 207 g/mol. The van der Waals surface area contributed by atoms with Gasteiger partial charge in [0.05, 0.1) is 12.0 Å². The van der Waals surface area contributed by atoms with Gasteiger partial charge in [0.1, 0.15) is 0 Å². The SMILES string of the molecule is CCC(C)c1csc(-c2ccco2)n1. The van der Waals surface area contributed by atoms with E-state index in [0.29, 0.717) is 5.92 Å². The maximum absolute atomic E-state index is 5.29. The van der Waals surface area contributed by atoms with Crippen molar-refractivity contribution < 1.29 is 4.42 Å². The van der Waals surface area contributed by atoms with Crippen LogP contribution in [0.5, 0.6) is 0 Å². The Bertz CT molecular complexity index is 391. The largest absolute Gasteiger partial charge is 0.462 e. The lowest BCUT2D eigenvalue weighted by Crippen LogP contribution is -1.90. The van der Waals surface area contributed by atoms with E-state index >= 15 is 0 Å². The maximum atomic E-state index is 5.29. The van der Waals surface area contributed by atoms with Crippen LogP contribution in [0.3, 0.4) is 0 Å². The summed E-state index contributed by atoms with van der Waals surface area (Å²) in [5.74, 6) is 1.40. The fourth-order valence-electron chi connectivity index (χ4n) is 1.24. The van der Waals surface area contributed by atoms with Crippen LogP contribution in [0.25, 0.3) is 10.8 Å². The lowest BCUT2D eigenvalue weighted by Gasteiger charge is -2.01. The summed E-state index contributed by atoms with van der Waals surface area (Å²) in [6.45, 7) is 4.37. The molecule has 2 aromatic rings. The third-order valence-electron chi connectivity index (χ3n) is 2.37. The molecule has 0 saturated heterocycles. The van der Waals surface area contributed by atoms with Crippen molar-refractivity contribution in [3.05, 3.63) is 29.5 Å². The molecule has 74 valence electrons. The van der Waals surface area contributed by atoms with Crippen molar-refractivity contribution in [2.75, 3.05) is 0 Å². The van der Waals surface area contributed by atoms with E-state index < -0.39 is 0 Å². The van der Waals surface area contributed by atoms with E-state index in [9.17, 15) is 0 Å². The molecule has 0 aromatic carbocycles. The van der Waals surface area contributed by atoms with Crippen LogP contribution in [0.1, 0.15) is 31.9 Å². The van der Waals surface area contributed by atoms with Gasteiger partial charge in [-0.1, -0.05) is 13.8 Å². The average Bonchev–Trinajstić information content (AvgIpc) is 2.86. The van der Waals surface area contributed by atoms with Crippen LogP contribution < -0.4 is 0 Å². The second-order valence-corrected chi connectivity index (χ2v) is 4.22. The molecule has 1 unspecified atom stereocenters. The Morgan fingerprint density at radius 3 is 3.07 bits per heavy atom. The molecule has 0 aliphatic rings. The van der Waals surface area contributed by atoms with Crippen molar-refractivity contribution in [2.45, 2.75) is 26.2 Å². The molecule has 2 nitrogen and oxygen atoms in total. The molecule has 1 atom stereocenters. The molecule has 0 aliphatic heterocycles. The molecule has 0 aliphatic carbocycles. The Balaban J connectivity index is 2.26. The Labute approximate surface area is 87.6 Å². The fraction of sp³-hybridized carbons (Fsp3) is 0.364. The summed E-state index contributed by atoms with van der Waals surface area (Å²) in [6, 6.07) is 3.83. The highest BCUT2D eigenvalue weighted by Crippen LogP contribution is 2.28. The van der Waals surface area contributed by atoms with Gasteiger partial charge in [-0.05, 0) is 24.5 Å². The van der Waals surface area contributed by atoms with Gasteiger partial charge in [-0.15, -0.1) is 11.3 Å². The smallest absolute Gasteiger partial charge is 0.162 e. The highest BCUT2D eigenvalue weighted by atomic mass is 32.1. The summed E-state index contributed by atoms with van der Waals surface area (Å²) in [7, 11) is 0. The van der Waals surface area contributed by atoms with E-state index in [1.165, 1.54) is 5.69 Å². The second kappa shape index (κ2) is 3.96. The van der Waals surface area contributed by atoms with Crippen molar-refractivity contribution in [3.8, 4) is 10.8 Å². The minimum Gasteiger partial charge on any atom is -0.462 e. The fourth-order valence-corrected chi connectivity index (χ4v) is 2.14. The number of hydrogen-bond acceptors (Lipinski definition) is 3. The van der Waals surface area contributed by atoms with Crippen molar-refractivity contribution in [1.82, 2.24) is 4.98 Å². The summed E-state index contributed by atoms with van der Waals surface area (Å²) >= 11 is 1.65. The van der Waals surface area contributed by atoms with E-state index in [1.54, 1.807) is 17.6 Å². The van der Waals surface area contributed by atoms with Crippen LogP contribution >= 0.6 is 11.3 Å². The van der Waals surface area contributed by atoms with Gasteiger partial charge < -0.3 is 4.42 Å². The van der Waals surface area contributed by atoms with Crippen molar-refractivity contribution in [1.29, 1.82) is 0 Å². The van der Waals surface area contributed by atoms with Crippen LogP contribution in [-0.2, 0) is 0 Å². The highest BCUT2D eigenvalue weighted by Gasteiger charge is 2.10. The summed E-state index contributed by atoms with van der Waals surface area (Å²) in [4.78, 5) is 4.55. The standard InChI is InChI=1S/C11H13NOS/c1-3-8(2)9-7-14-11(12-9)10-5-4-6-13-10/h4-8H,3H2,1-2H3. The molecule has 0 amide bonds. The number of thiazole rings is 1. The monoisotopic (exact) mass is 207 g/mol. The highest BCUT2D eigenvalue weighted by molar-refractivity contribution is 7.13. The van der Waals surface area contributed by atoms with Crippen LogP contribution in [-0.4, -0.2) is 4.98 Å². The quantitative estimate of drug-likeness (QED) is 0.762. The second-order valence-electron chi connectivity index (χ2n) is 3.36. The Hall–Kier alpha value is -1.09. The first-order valence-electron chi connectivity index (χ1n) is 4.80. The van der Waals surface area contributed by atoms with Crippen molar-refractivity contribution in [2.24, 2.45) is 0 Å². The van der Waals surface area contributed by atoms with Gasteiger partial charge in [0.2, 0.25) is 0 Å². The molecular weight excluding hydrogens is 194 g/mol. The third-order valence-corrected chi connectivity index (χ3v) is 3.25. The summed E-state index contributed by atoms with van der Waals surface area (Å²) in [5.41, 5.74) is 1.17. The first kappa shape index (κ1) is 9.46. The predicted octanol–water partition coefficient (Wildman–Crippen LogP) is 3.92. The van der Waals surface area contributed by atoms with E-state index in [1.807, 2.05) is 12.1 Å².